The third-order valence-corrected chi connectivity index (χ3v) is 3.75. The summed E-state index contributed by atoms with van der Waals surface area (Å²) < 4.78 is 5.44. The van der Waals surface area contributed by atoms with Crippen LogP contribution in [0.25, 0.3) is 0 Å². The molecule has 0 radical (unpaired) electrons. The van der Waals surface area contributed by atoms with Crippen molar-refractivity contribution in [1.82, 2.24) is 0 Å². The molecule has 2 aromatic rings. The fourth-order valence-corrected chi connectivity index (χ4v) is 2.80. The molecule has 2 aromatic carbocycles. The number of nitrogens with one attached hydrogen (secondary N) is 1. The largest absolute Gasteiger partial charge is 0.508 e. The maximum Gasteiger partial charge on any atom is 0.119 e. The standard InChI is InChI=1S/C17H19NO2/c1-2-20-13-8-6-12(7-9-13)18-16-11-10-15-14(16)4-3-5-17(15)19/h3-9,16,18-19H,2,10-11H2,1H3. The van der Waals surface area contributed by atoms with Gasteiger partial charge >= 0.3 is 0 Å². The second kappa shape index (κ2) is 5.45. The van der Waals surface area contributed by atoms with Crippen LogP contribution in [-0.4, -0.2) is 11.7 Å². The van der Waals surface area contributed by atoms with Crippen LogP contribution in [0.4, 0.5) is 5.69 Å². The lowest BCUT2D eigenvalue weighted by Gasteiger charge is -2.16. The minimum Gasteiger partial charge on any atom is -0.508 e. The molecule has 20 heavy (non-hydrogen) atoms. The first-order valence-corrected chi connectivity index (χ1v) is 7.08. The van der Waals surface area contributed by atoms with Crippen LogP contribution in [0, 0.1) is 0 Å². The Morgan fingerprint density at radius 2 is 2.00 bits per heavy atom. The zero-order valence-corrected chi connectivity index (χ0v) is 11.6. The van der Waals surface area contributed by atoms with Gasteiger partial charge < -0.3 is 15.2 Å². The van der Waals surface area contributed by atoms with E-state index in [0.717, 1.165) is 29.8 Å². The Kier molecular flexibility index (Phi) is 3.50. The molecule has 1 aliphatic carbocycles. The molecule has 0 spiro atoms. The van der Waals surface area contributed by atoms with Gasteiger partial charge in [-0.3, -0.25) is 0 Å². The van der Waals surface area contributed by atoms with Gasteiger partial charge in [0.05, 0.1) is 12.6 Å². The van der Waals surface area contributed by atoms with Gasteiger partial charge in [0.15, 0.2) is 0 Å². The minimum absolute atomic E-state index is 0.273. The van der Waals surface area contributed by atoms with Crippen molar-refractivity contribution in [3.8, 4) is 11.5 Å². The van der Waals surface area contributed by atoms with Gasteiger partial charge in [0, 0.05) is 5.69 Å². The average Bonchev–Trinajstić information content (AvgIpc) is 2.86. The molecule has 1 unspecified atom stereocenters. The number of phenolic OH excluding ortho intramolecular Hbond substituents is 1. The maximum atomic E-state index is 9.87. The van der Waals surface area contributed by atoms with Crippen LogP contribution in [0.3, 0.4) is 0 Å². The van der Waals surface area contributed by atoms with Crippen LogP contribution in [0.1, 0.15) is 30.5 Å². The lowest BCUT2D eigenvalue weighted by atomic mass is 10.1. The first-order chi connectivity index (χ1) is 9.78. The van der Waals surface area contributed by atoms with E-state index in [0.29, 0.717) is 12.4 Å². The SMILES string of the molecule is CCOc1ccc(NC2CCc3c(O)cccc32)cc1. The summed E-state index contributed by atoms with van der Waals surface area (Å²) in [4.78, 5) is 0. The molecule has 0 saturated carbocycles. The molecule has 0 aromatic heterocycles. The van der Waals surface area contributed by atoms with E-state index in [4.69, 9.17) is 4.74 Å². The van der Waals surface area contributed by atoms with Crippen LogP contribution in [0.5, 0.6) is 11.5 Å². The average molecular weight is 269 g/mol. The molecular weight excluding hydrogens is 250 g/mol. The van der Waals surface area contributed by atoms with Crippen LogP contribution in [-0.2, 0) is 6.42 Å². The molecule has 2 N–H and O–H groups in total. The molecule has 1 aliphatic rings. The highest BCUT2D eigenvalue weighted by atomic mass is 16.5. The zero-order chi connectivity index (χ0) is 13.9. The summed E-state index contributed by atoms with van der Waals surface area (Å²) in [6.45, 7) is 2.66. The van der Waals surface area contributed by atoms with Gasteiger partial charge in [0.2, 0.25) is 0 Å². The normalized spacial score (nSPS) is 16.8. The molecule has 0 fully saturated rings. The van der Waals surface area contributed by atoms with Gasteiger partial charge in [-0.05, 0) is 61.2 Å². The Morgan fingerprint density at radius 1 is 1.20 bits per heavy atom. The molecule has 3 heteroatoms. The van der Waals surface area contributed by atoms with Crippen molar-refractivity contribution < 1.29 is 9.84 Å². The van der Waals surface area contributed by atoms with E-state index in [9.17, 15) is 5.11 Å². The van der Waals surface area contributed by atoms with Gasteiger partial charge in [-0.15, -0.1) is 0 Å². The molecule has 3 rings (SSSR count). The van der Waals surface area contributed by atoms with E-state index in [2.05, 4.69) is 11.4 Å². The van der Waals surface area contributed by atoms with Gasteiger partial charge in [0.1, 0.15) is 11.5 Å². The third-order valence-electron chi connectivity index (χ3n) is 3.75. The Bertz CT molecular complexity index is 592. The number of ether oxygens (including phenoxy) is 1. The number of benzene rings is 2. The topological polar surface area (TPSA) is 41.5 Å². The van der Waals surface area contributed by atoms with Crippen LogP contribution < -0.4 is 10.1 Å². The number of aromatic hydroxyl groups is 1. The lowest BCUT2D eigenvalue weighted by molar-refractivity contribution is 0.340. The fraction of sp³-hybridized carbons (Fsp3) is 0.294. The highest BCUT2D eigenvalue weighted by molar-refractivity contribution is 5.52. The van der Waals surface area contributed by atoms with E-state index in [-0.39, 0.29) is 6.04 Å². The number of phenols is 1. The summed E-state index contributed by atoms with van der Waals surface area (Å²) in [6.07, 6.45) is 1.94. The molecule has 0 saturated heterocycles. The van der Waals surface area contributed by atoms with Crippen molar-refractivity contribution in [2.75, 3.05) is 11.9 Å². The highest BCUT2D eigenvalue weighted by Crippen LogP contribution is 2.38. The molecule has 0 bridgehead atoms. The number of rotatable bonds is 4. The third kappa shape index (κ3) is 2.44. The molecule has 104 valence electrons. The number of hydrogen-bond donors (Lipinski definition) is 2. The van der Waals surface area contributed by atoms with Gasteiger partial charge in [0.25, 0.3) is 0 Å². The molecule has 0 amide bonds. The monoisotopic (exact) mass is 269 g/mol. The number of hydrogen-bond acceptors (Lipinski definition) is 3. The summed E-state index contributed by atoms with van der Waals surface area (Å²) >= 11 is 0. The van der Waals surface area contributed by atoms with E-state index >= 15 is 0 Å². The molecular formula is C17H19NO2. The van der Waals surface area contributed by atoms with Crippen molar-refractivity contribution >= 4 is 5.69 Å². The van der Waals surface area contributed by atoms with E-state index in [1.165, 1.54) is 5.56 Å². The van der Waals surface area contributed by atoms with Gasteiger partial charge in [-0.25, -0.2) is 0 Å². The van der Waals surface area contributed by atoms with Crippen molar-refractivity contribution in [2.45, 2.75) is 25.8 Å². The van der Waals surface area contributed by atoms with Crippen LogP contribution in [0.2, 0.25) is 0 Å². The summed E-state index contributed by atoms with van der Waals surface area (Å²) in [5.41, 5.74) is 3.37. The predicted molar refractivity (Wildman–Crippen MR) is 80.4 cm³/mol. The van der Waals surface area contributed by atoms with Crippen molar-refractivity contribution in [3.05, 3.63) is 53.6 Å². The summed E-state index contributed by atoms with van der Waals surface area (Å²) in [7, 11) is 0. The van der Waals surface area contributed by atoms with Crippen LogP contribution in [0.15, 0.2) is 42.5 Å². The maximum absolute atomic E-state index is 9.87. The van der Waals surface area contributed by atoms with Crippen molar-refractivity contribution in [1.29, 1.82) is 0 Å². The second-order valence-corrected chi connectivity index (χ2v) is 5.04. The second-order valence-electron chi connectivity index (χ2n) is 5.04. The minimum atomic E-state index is 0.273. The number of fused-ring (bicyclic) bond motifs is 1. The van der Waals surface area contributed by atoms with Crippen molar-refractivity contribution in [2.24, 2.45) is 0 Å². The van der Waals surface area contributed by atoms with Crippen LogP contribution >= 0.6 is 0 Å². The number of anilines is 1. The fourth-order valence-electron chi connectivity index (χ4n) is 2.80. The van der Waals surface area contributed by atoms with Gasteiger partial charge in [-0.2, -0.15) is 0 Å². The Balaban J connectivity index is 1.75. The van der Waals surface area contributed by atoms with Crippen molar-refractivity contribution in [3.63, 3.8) is 0 Å². The van der Waals surface area contributed by atoms with E-state index in [1.807, 2.05) is 37.3 Å². The molecule has 0 heterocycles. The summed E-state index contributed by atoms with van der Waals surface area (Å²) in [6, 6.07) is 14.1. The summed E-state index contributed by atoms with van der Waals surface area (Å²) in [5, 5.41) is 13.4. The zero-order valence-electron chi connectivity index (χ0n) is 11.6. The van der Waals surface area contributed by atoms with Gasteiger partial charge in [-0.1, -0.05) is 12.1 Å². The Labute approximate surface area is 119 Å². The highest BCUT2D eigenvalue weighted by Gasteiger charge is 2.24. The first-order valence-electron chi connectivity index (χ1n) is 7.08. The Morgan fingerprint density at radius 3 is 2.75 bits per heavy atom. The molecule has 0 aliphatic heterocycles. The van der Waals surface area contributed by atoms with E-state index in [1.54, 1.807) is 6.07 Å². The summed E-state index contributed by atoms with van der Waals surface area (Å²) in [5.74, 6) is 1.31. The Hall–Kier alpha value is -2.16. The molecule has 3 nitrogen and oxygen atoms in total. The predicted octanol–water partition coefficient (Wildman–Crippen LogP) is 3.89. The lowest BCUT2D eigenvalue weighted by Crippen LogP contribution is -2.06. The smallest absolute Gasteiger partial charge is 0.119 e. The quantitative estimate of drug-likeness (QED) is 0.884. The molecule has 1 atom stereocenters. The first kappa shape index (κ1) is 12.9. The van der Waals surface area contributed by atoms with E-state index < -0.39 is 0 Å².